The van der Waals surface area contributed by atoms with Gasteiger partial charge in [0.2, 0.25) is 5.91 Å². The summed E-state index contributed by atoms with van der Waals surface area (Å²) >= 11 is 0. The van der Waals surface area contributed by atoms with Crippen molar-refractivity contribution in [1.82, 2.24) is 20.4 Å². The molecule has 1 aliphatic heterocycles. The van der Waals surface area contributed by atoms with Crippen LogP contribution >= 0.6 is 0 Å². The van der Waals surface area contributed by atoms with Gasteiger partial charge in [-0.25, -0.2) is 4.79 Å². The third-order valence-electron chi connectivity index (χ3n) is 3.85. The predicted molar refractivity (Wildman–Crippen MR) is 89.4 cm³/mol. The summed E-state index contributed by atoms with van der Waals surface area (Å²) in [6.45, 7) is 8.98. The van der Waals surface area contributed by atoms with Crippen molar-refractivity contribution in [3.63, 3.8) is 0 Å². The van der Waals surface area contributed by atoms with E-state index in [2.05, 4.69) is 20.5 Å². The molecule has 1 aliphatic rings. The molecule has 0 saturated carbocycles. The zero-order valence-corrected chi connectivity index (χ0v) is 14.8. The second-order valence-corrected chi connectivity index (χ2v) is 6.04. The lowest BCUT2D eigenvalue weighted by atomic mass is 9.92. The summed E-state index contributed by atoms with van der Waals surface area (Å²) in [4.78, 5) is 31.6. The molecule has 23 heavy (non-hydrogen) atoms. The first kappa shape index (κ1) is 19.1. The summed E-state index contributed by atoms with van der Waals surface area (Å²) in [6, 6.07) is 0. The fourth-order valence-electron chi connectivity index (χ4n) is 2.37. The number of rotatable bonds is 4. The molecule has 8 heteroatoms. The molecule has 0 aromatic rings. The van der Waals surface area contributed by atoms with Crippen molar-refractivity contribution in [2.75, 3.05) is 53.4 Å². The fourth-order valence-corrected chi connectivity index (χ4v) is 2.37. The highest BCUT2D eigenvalue weighted by molar-refractivity contribution is 5.84. The SMILES string of the molecule is CCOC(=O)N1CCN(C(=NC)NCC(C)(C)C(=O)NC)CC1. The molecular formula is C15H29N5O3. The van der Waals surface area contributed by atoms with E-state index >= 15 is 0 Å². The van der Waals surface area contributed by atoms with Gasteiger partial charge in [0.05, 0.1) is 12.0 Å². The highest BCUT2D eigenvalue weighted by atomic mass is 16.6. The monoisotopic (exact) mass is 327 g/mol. The smallest absolute Gasteiger partial charge is 0.409 e. The van der Waals surface area contributed by atoms with E-state index in [1.165, 1.54) is 0 Å². The lowest BCUT2D eigenvalue weighted by molar-refractivity contribution is -0.128. The number of hydrogen-bond acceptors (Lipinski definition) is 4. The van der Waals surface area contributed by atoms with Crippen LogP contribution in [0.15, 0.2) is 4.99 Å². The topological polar surface area (TPSA) is 86.3 Å². The normalized spacial score (nSPS) is 16.1. The Hall–Kier alpha value is -1.99. The average molecular weight is 327 g/mol. The van der Waals surface area contributed by atoms with Crippen LogP contribution in [0, 0.1) is 5.41 Å². The van der Waals surface area contributed by atoms with Gasteiger partial charge < -0.3 is 25.2 Å². The van der Waals surface area contributed by atoms with E-state index in [1.807, 2.05) is 13.8 Å². The Kier molecular flexibility index (Phi) is 7.12. The van der Waals surface area contributed by atoms with Crippen LogP contribution in [0.1, 0.15) is 20.8 Å². The molecule has 0 aromatic carbocycles. The molecule has 1 heterocycles. The van der Waals surface area contributed by atoms with Crippen molar-refractivity contribution in [3.8, 4) is 0 Å². The van der Waals surface area contributed by atoms with Gasteiger partial charge in [-0.05, 0) is 20.8 Å². The van der Waals surface area contributed by atoms with Gasteiger partial charge in [-0.1, -0.05) is 0 Å². The number of carbonyl (C=O) groups excluding carboxylic acids is 2. The molecule has 2 N–H and O–H groups in total. The van der Waals surface area contributed by atoms with Gasteiger partial charge in [-0.15, -0.1) is 0 Å². The number of nitrogens with zero attached hydrogens (tertiary/aromatic N) is 3. The van der Waals surface area contributed by atoms with E-state index < -0.39 is 5.41 Å². The summed E-state index contributed by atoms with van der Waals surface area (Å²) in [5.41, 5.74) is -0.530. The van der Waals surface area contributed by atoms with Crippen molar-refractivity contribution < 1.29 is 14.3 Å². The molecule has 0 atom stereocenters. The molecule has 0 radical (unpaired) electrons. The lowest BCUT2D eigenvalue weighted by Gasteiger charge is -2.36. The van der Waals surface area contributed by atoms with Crippen molar-refractivity contribution in [1.29, 1.82) is 0 Å². The third kappa shape index (κ3) is 5.30. The second kappa shape index (κ2) is 8.59. The molecular weight excluding hydrogens is 298 g/mol. The Morgan fingerprint density at radius 3 is 2.22 bits per heavy atom. The van der Waals surface area contributed by atoms with Crippen LogP contribution < -0.4 is 10.6 Å². The highest BCUT2D eigenvalue weighted by Crippen LogP contribution is 2.13. The van der Waals surface area contributed by atoms with Crippen LogP contribution in [0.5, 0.6) is 0 Å². The number of carbonyl (C=O) groups is 2. The van der Waals surface area contributed by atoms with E-state index in [1.54, 1.807) is 25.9 Å². The maximum absolute atomic E-state index is 11.8. The van der Waals surface area contributed by atoms with Crippen molar-refractivity contribution in [2.45, 2.75) is 20.8 Å². The molecule has 0 aliphatic carbocycles. The summed E-state index contributed by atoms with van der Waals surface area (Å²) in [5.74, 6) is 0.720. The van der Waals surface area contributed by atoms with E-state index in [0.717, 1.165) is 5.96 Å². The lowest BCUT2D eigenvalue weighted by Crippen LogP contribution is -2.55. The van der Waals surface area contributed by atoms with E-state index in [-0.39, 0.29) is 12.0 Å². The molecule has 1 saturated heterocycles. The Balaban J connectivity index is 2.52. The number of guanidine groups is 1. The molecule has 8 nitrogen and oxygen atoms in total. The van der Waals surface area contributed by atoms with Crippen LogP contribution in [0.2, 0.25) is 0 Å². The molecule has 1 fully saturated rings. The summed E-state index contributed by atoms with van der Waals surface area (Å²) < 4.78 is 5.01. The summed E-state index contributed by atoms with van der Waals surface area (Å²) in [6.07, 6.45) is -0.268. The quantitative estimate of drug-likeness (QED) is 0.565. The van der Waals surface area contributed by atoms with Gasteiger partial charge in [0.15, 0.2) is 5.96 Å². The molecule has 0 spiro atoms. The van der Waals surface area contributed by atoms with Crippen LogP contribution in [0.3, 0.4) is 0 Å². The van der Waals surface area contributed by atoms with Crippen LogP contribution in [0.4, 0.5) is 4.79 Å². The summed E-state index contributed by atoms with van der Waals surface area (Å²) in [5, 5.41) is 5.91. The predicted octanol–water partition coefficient (Wildman–Crippen LogP) is 0.108. The van der Waals surface area contributed by atoms with E-state index in [9.17, 15) is 9.59 Å². The maximum Gasteiger partial charge on any atom is 0.409 e. The average Bonchev–Trinajstić information content (AvgIpc) is 2.55. The van der Waals surface area contributed by atoms with Gasteiger partial charge in [0, 0.05) is 46.8 Å². The molecule has 0 aromatic heterocycles. The molecule has 132 valence electrons. The second-order valence-electron chi connectivity index (χ2n) is 6.04. The largest absolute Gasteiger partial charge is 0.450 e. The van der Waals surface area contributed by atoms with E-state index in [4.69, 9.17) is 4.74 Å². The number of piperazine rings is 1. The highest BCUT2D eigenvalue weighted by Gasteiger charge is 2.28. The van der Waals surface area contributed by atoms with Crippen LogP contribution in [-0.4, -0.2) is 81.2 Å². The third-order valence-corrected chi connectivity index (χ3v) is 3.85. The van der Waals surface area contributed by atoms with Crippen LogP contribution in [0.25, 0.3) is 0 Å². The van der Waals surface area contributed by atoms with Crippen molar-refractivity contribution >= 4 is 18.0 Å². The Morgan fingerprint density at radius 1 is 1.17 bits per heavy atom. The Morgan fingerprint density at radius 2 is 1.74 bits per heavy atom. The van der Waals surface area contributed by atoms with Crippen molar-refractivity contribution in [2.24, 2.45) is 10.4 Å². The number of ether oxygens (including phenoxy) is 1. The van der Waals surface area contributed by atoms with Gasteiger partial charge >= 0.3 is 6.09 Å². The Labute approximate surface area is 138 Å². The molecule has 0 unspecified atom stereocenters. The number of amides is 2. The van der Waals surface area contributed by atoms with Crippen LogP contribution in [-0.2, 0) is 9.53 Å². The molecule has 0 bridgehead atoms. The summed E-state index contributed by atoms with van der Waals surface area (Å²) in [7, 11) is 3.35. The first-order valence-electron chi connectivity index (χ1n) is 7.95. The minimum atomic E-state index is -0.530. The minimum Gasteiger partial charge on any atom is -0.450 e. The van der Waals surface area contributed by atoms with Gasteiger partial charge in [-0.2, -0.15) is 0 Å². The number of hydrogen-bond donors (Lipinski definition) is 2. The van der Waals surface area contributed by atoms with Gasteiger partial charge in [0.1, 0.15) is 0 Å². The zero-order chi connectivity index (χ0) is 17.5. The maximum atomic E-state index is 11.8. The first-order valence-corrected chi connectivity index (χ1v) is 7.95. The Bertz CT molecular complexity index is 442. The van der Waals surface area contributed by atoms with E-state index in [0.29, 0.717) is 39.3 Å². The van der Waals surface area contributed by atoms with Gasteiger partial charge in [-0.3, -0.25) is 9.79 Å². The molecule has 1 rings (SSSR count). The molecule has 2 amide bonds. The first-order chi connectivity index (χ1) is 10.9. The standard InChI is InChI=1S/C15H29N5O3/c1-6-23-14(22)20-9-7-19(8-10-20)13(17-5)18-11-15(2,3)12(21)16-4/h6-11H2,1-5H3,(H,16,21)(H,17,18). The van der Waals surface area contributed by atoms with Crippen molar-refractivity contribution in [3.05, 3.63) is 0 Å². The number of aliphatic imine (C=N–C) groups is 1. The fraction of sp³-hybridized carbons (Fsp3) is 0.800. The zero-order valence-electron chi connectivity index (χ0n) is 14.8. The van der Waals surface area contributed by atoms with Gasteiger partial charge in [0.25, 0.3) is 0 Å². The minimum absolute atomic E-state index is 0.0208. The number of nitrogens with one attached hydrogen (secondary N) is 2.